The van der Waals surface area contributed by atoms with Crippen LogP contribution in [0.5, 0.6) is 0 Å². The first-order valence-corrected chi connectivity index (χ1v) is 13.0. The van der Waals surface area contributed by atoms with Crippen LogP contribution in [0.15, 0.2) is 47.4 Å². The molecule has 2 aromatic rings. The Kier molecular flexibility index (Phi) is 7.14. The van der Waals surface area contributed by atoms with Crippen LogP contribution < -0.4 is 5.32 Å². The second-order valence-electron chi connectivity index (χ2n) is 8.73. The van der Waals surface area contributed by atoms with Gasteiger partial charge < -0.3 is 10.1 Å². The predicted molar refractivity (Wildman–Crippen MR) is 124 cm³/mol. The van der Waals surface area contributed by atoms with Crippen molar-refractivity contribution >= 4 is 21.9 Å². The highest BCUT2D eigenvalue weighted by atomic mass is 32.2. The number of hydrogen-bond acceptors (Lipinski definition) is 5. The van der Waals surface area contributed by atoms with E-state index in [1.165, 1.54) is 22.0 Å². The summed E-state index contributed by atoms with van der Waals surface area (Å²) in [6, 6.07) is 12.4. The second kappa shape index (κ2) is 10.1. The fourth-order valence-electron chi connectivity index (χ4n) is 4.58. The number of hydrogen-bond donors (Lipinski definition) is 1. The van der Waals surface area contributed by atoms with Gasteiger partial charge in [0.05, 0.1) is 16.5 Å². The van der Waals surface area contributed by atoms with E-state index in [1.54, 1.807) is 13.0 Å². The third-order valence-electron chi connectivity index (χ3n) is 6.42. The van der Waals surface area contributed by atoms with Gasteiger partial charge in [-0.25, -0.2) is 13.2 Å². The third kappa shape index (κ3) is 5.28. The normalized spacial score (nSPS) is 18.9. The fraction of sp³-hybridized carbons (Fsp3) is 0.440. The Labute approximate surface area is 195 Å². The molecule has 1 atom stereocenters. The highest BCUT2D eigenvalue weighted by Gasteiger charge is 2.27. The summed E-state index contributed by atoms with van der Waals surface area (Å²) in [7, 11) is -3.67. The second-order valence-corrected chi connectivity index (χ2v) is 10.7. The van der Waals surface area contributed by atoms with Crippen LogP contribution in [-0.4, -0.2) is 44.3 Å². The van der Waals surface area contributed by atoms with Crippen molar-refractivity contribution in [3.63, 3.8) is 0 Å². The molecule has 1 heterocycles. The number of piperidine rings is 1. The molecule has 1 amide bonds. The summed E-state index contributed by atoms with van der Waals surface area (Å²) < 4.78 is 32.7. The van der Waals surface area contributed by atoms with Gasteiger partial charge in [-0.2, -0.15) is 4.31 Å². The van der Waals surface area contributed by atoms with Crippen molar-refractivity contribution in [3.05, 3.63) is 64.7 Å². The average Bonchev–Trinajstić information content (AvgIpc) is 2.83. The summed E-state index contributed by atoms with van der Waals surface area (Å²) in [4.78, 5) is 25.3. The molecule has 33 heavy (non-hydrogen) atoms. The topological polar surface area (TPSA) is 92.8 Å². The third-order valence-corrected chi connectivity index (χ3v) is 8.32. The van der Waals surface area contributed by atoms with Crippen LogP contribution in [0.2, 0.25) is 0 Å². The Morgan fingerprint density at radius 3 is 2.61 bits per heavy atom. The van der Waals surface area contributed by atoms with Crippen molar-refractivity contribution < 1.29 is 22.7 Å². The maximum Gasteiger partial charge on any atom is 0.338 e. The average molecular weight is 471 g/mol. The standard InChI is InChI=1S/C25H30N2O5S/c1-18-12-13-20(33(30,31)27-14-5-2-6-15-27)16-22(18)25(29)32-17-24(28)26-23-11-7-9-19-8-3-4-10-21(19)23/h3-4,8,10,12-13,16,23H,2,5-7,9,11,14-15,17H2,1H3,(H,26,28)/t23-/m1/s1. The molecule has 1 aliphatic carbocycles. The van der Waals surface area contributed by atoms with Gasteiger partial charge in [-0.15, -0.1) is 0 Å². The largest absolute Gasteiger partial charge is 0.452 e. The van der Waals surface area contributed by atoms with Crippen LogP contribution in [0.1, 0.15) is 65.2 Å². The summed E-state index contributed by atoms with van der Waals surface area (Å²) in [5.41, 5.74) is 3.09. The molecule has 0 radical (unpaired) electrons. The molecule has 0 unspecified atom stereocenters. The Morgan fingerprint density at radius 2 is 1.82 bits per heavy atom. The molecule has 0 aromatic heterocycles. The van der Waals surface area contributed by atoms with E-state index in [0.717, 1.165) is 44.1 Å². The van der Waals surface area contributed by atoms with Crippen molar-refractivity contribution in [1.29, 1.82) is 0 Å². The first kappa shape index (κ1) is 23.4. The quantitative estimate of drug-likeness (QED) is 0.652. The Balaban J connectivity index is 1.40. The molecule has 1 saturated heterocycles. The fourth-order valence-corrected chi connectivity index (χ4v) is 6.13. The minimum absolute atomic E-state index is 0.0743. The highest BCUT2D eigenvalue weighted by Crippen LogP contribution is 2.29. The number of carbonyl (C=O) groups excluding carboxylic acids is 2. The molecular formula is C25H30N2O5S. The molecule has 2 aliphatic rings. The molecule has 4 rings (SSSR count). The number of carbonyl (C=O) groups is 2. The number of fused-ring (bicyclic) bond motifs is 1. The number of aryl methyl sites for hydroxylation is 2. The molecule has 0 spiro atoms. The van der Waals surface area contributed by atoms with Gasteiger partial charge in [0.1, 0.15) is 0 Å². The predicted octanol–water partition coefficient (Wildman–Crippen LogP) is 3.52. The SMILES string of the molecule is Cc1ccc(S(=O)(=O)N2CCCCC2)cc1C(=O)OCC(=O)N[C@@H]1CCCc2ccccc21. The molecule has 2 aromatic carbocycles. The molecule has 0 bridgehead atoms. The lowest BCUT2D eigenvalue weighted by Crippen LogP contribution is -2.35. The zero-order chi connectivity index (χ0) is 23.4. The highest BCUT2D eigenvalue weighted by molar-refractivity contribution is 7.89. The summed E-state index contributed by atoms with van der Waals surface area (Å²) in [5.74, 6) is -1.08. The van der Waals surface area contributed by atoms with Crippen molar-refractivity contribution in [2.24, 2.45) is 0 Å². The van der Waals surface area contributed by atoms with Gasteiger partial charge in [-0.1, -0.05) is 36.8 Å². The molecular weight excluding hydrogens is 440 g/mol. The van der Waals surface area contributed by atoms with E-state index in [2.05, 4.69) is 11.4 Å². The van der Waals surface area contributed by atoms with Gasteiger partial charge in [0.15, 0.2) is 6.61 Å². The van der Waals surface area contributed by atoms with E-state index in [1.807, 2.05) is 18.2 Å². The Bertz CT molecular complexity index is 1140. The van der Waals surface area contributed by atoms with Crippen LogP contribution in [-0.2, 0) is 26.0 Å². The van der Waals surface area contributed by atoms with Crippen LogP contribution >= 0.6 is 0 Å². The number of rotatable bonds is 6. The lowest BCUT2D eigenvalue weighted by molar-refractivity contribution is -0.125. The number of esters is 1. The summed E-state index contributed by atoms with van der Waals surface area (Å²) >= 11 is 0. The van der Waals surface area contributed by atoms with Gasteiger partial charge in [0, 0.05) is 13.1 Å². The zero-order valence-electron chi connectivity index (χ0n) is 18.9. The molecule has 7 nitrogen and oxygen atoms in total. The lowest BCUT2D eigenvalue weighted by atomic mass is 9.88. The van der Waals surface area contributed by atoms with Crippen molar-refractivity contribution in [2.75, 3.05) is 19.7 Å². The van der Waals surface area contributed by atoms with E-state index >= 15 is 0 Å². The maximum absolute atomic E-state index is 13.0. The van der Waals surface area contributed by atoms with Gasteiger partial charge in [0.2, 0.25) is 10.0 Å². The number of nitrogens with one attached hydrogen (secondary N) is 1. The van der Waals surface area contributed by atoms with Crippen LogP contribution in [0.25, 0.3) is 0 Å². The van der Waals surface area contributed by atoms with E-state index in [9.17, 15) is 18.0 Å². The molecule has 1 fully saturated rings. The smallest absolute Gasteiger partial charge is 0.338 e. The van der Waals surface area contributed by atoms with E-state index in [4.69, 9.17) is 4.74 Å². The van der Waals surface area contributed by atoms with Crippen molar-refractivity contribution in [3.8, 4) is 0 Å². The number of sulfonamides is 1. The lowest BCUT2D eigenvalue weighted by Gasteiger charge is -2.26. The van der Waals surface area contributed by atoms with Crippen molar-refractivity contribution in [1.82, 2.24) is 9.62 Å². The Hall–Kier alpha value is -2.71. The molecule has 0 saturated carbocycles. The van der Waals surface area contributed by atoms with E-state index in [0.29, 0.717) is 18.7 Å². The minimum atomic E-state index is -3.67. The minimum Gasteiger partial charge on any atom is -0.452 e. The van der Waals surface area contributed by atoms with Gasteiger partial charge >= 0.3 is 5.97 Å². The number of ether oxygens (including phenoxy) is 1. The first-order chi connectivity index (χ1) is 15.9. The van der Waals surface area contributed by atoms with E-state index < -0.39 is 22.6 Å². The maximum atomic E-state index is 13.0. The molecule has 176 valence electrons. The summed E-state index contributed by atoms with van der Waals surface area (Å²) in [5, 5.41) is 2.96. The molecule has 1 aliphatic heterocycles. The number of nitrogens with zero attached hydrogens (tertiary/aromatic N) is 1. The first-order valence-electron chi connectivity index (χ1n) is 11.5. The van der Waals surface area contributed by atoms with Crippen LogP contribution in [0, 0.1) is 6.92 Å². The van der Waals surface area contributed by atoms with Crippen LogP contribution in [0.3, 0.4) is 0 Å². The number of amides is 1. The van der Waals surface area contributed by atoms with Gasteiger partial charge in [0.25, 0.3) is 5.91 Å². The Morgan fingerprint density at radius 1 is 1.06 bits per heavy atom. The van der Waals surface area contributed by atoms with Gasteiger partial charge in [-0.05, 0) is 67.9 Å². The number of benzene rings is 2. The molecule has 8 heteroatoms. The van der Waals surface area contributed by atoms with Gasteiger partial charge in [-0.3, -0.25) is 4.79 Å². The van der Waals surface area contributed by atoms with Crippen molar-refractivity contribution in [2.45, 2.75) is 56.4 Å². The molecule has 1 N–H and O–H groups in total. The summed E-state index contributed by atoms with van der Waals surface area (Å²) in [6.45, 7) is 2.27. The monoisotopic (exact) mass is 470 g/mol. The van der Waals surface area contributed by atoms with E-state index in [-0.39, 0.29) is 22.4 Å². The van der Waals surface area contributed by atoms with Crippen LogP contribution in [0.4, 0.5) is 0 Å². The zero-order valence-corrected chi connectivity index (χ0v) is 19.7. The summed E-state index contributed by atoms with van der Waals surface area (Å²) in [6.07, 6.45) is 5.51.